The predicted molar refractivity (Wildman–Crippen MR) is 98.8 cm³/mol. The summed E-state index contributed by atoms with van der Waals surface area (Å²) >= 11 is 1.46. The molecule has 0 aliphatic rings. The molecule has 0 saturated heterocycles. The Hall–Kier alpha value is -2.87. The fraction of sp³-hybridized carbons (Fsp3) is 0.278. The van der Waals surface area contributed by atoms with Crippen LogP contribution in [0.5, 0.6) is 5.75 Å². The molecule has 26 heavy (non-hydrogen) atoms. The van der Waals surface area contributed by atoms with Gasteiger partial charge in [0.25, 0.3) is 5.91 Å². The molecule has 2 rings (SSSR count). The van der Waals surface area contributed by atoms with Crippen LogP contribution in [0.4, 0.5) is 5.69 Å². The number of aliphatic carboxylic acids is 1. The number of benzene rings is 1. The molecule has 0 aliphatic heterocycles. The zero-order valence-electron chi connectivity index (χ0n) is 14.3. The quantitative estimate of drug-likeness (QED) is 0.584. The van der Waals surface area contributed by atoms with Crippen LogP contribution in [0.25, 0.3) is 0 Å². The van der Waals surface area contributed by atoms with Crippen LogP contribution in [0.3, 0.4) is 0 Å². The lowest BCUT2D eigenvalue weighted by Gasteiger charge is -2.11. The van der Waals surface area contributed by atoms with Crippen molar-refractivity contribution in [3.05, 3.63) is 46.2 Å². The Balaban J connectivity index is 1.73. The van der Waals surface area contributed by atoms with E-state index in [0.29, 0.717) is 30.0 Å². The highest BCUT2D eigenvalue weighted by Gasteiger charge is 2.08. The number of amides is 2. The first kappa shape index (κ1) is 19.5. The lowest BCUT2D eigenvalue weighted by Crippen LogP contribution is -2.25. The Kier molecular flexibility index (Phi) is 7.16. The molecule has 1 heterocycles. The van der Waals surface area contributed by atoms with Crippen molar-refractivity contribution in [2.45, 2.75) is 19.8 Å². The summed E-state index contributed by atoms with van der Waals surface area (Å²) in [5.41, 5.74) is 2.03. The fourth-order valence-electron chi connectivity index (χ4n) is 2.17. The van der Waals surface area contributed by atoms with Crippen molar-refractivity contribution < 1.29 is 24.2 Å². The van der Waals surface area contributed by atoms with Gasteiger partial charge in [0.15, 0.2) is 6.61 Å². The molecule has 1 aromatic heterocycles. The fourth-order valence-corrected chi connectivity index (χ4v) is 2.81. The predicted octanol–water partition coefficient (Wildman–Crippen LogP) is 2.67. The van der Waals surface area contributed by atoms with E-state index in [1.165, 1.54) is 11.3 Å². The van der Waals surface area contributed by atoms with E-state index in [-0.39, 0.29) is 18.2 Å². The topological polar surface area (TPSA) is 105 Å². The maximum absolute atomic E-state index is 12.0. The molecule has 1 aromatic carbocycles. The van der Waals surface area contributed by atoms with Gasteiger partial charge in [-0.25, -0.2) is 4.79 Å². The normalized spacial score (nSPS) is 10.2. The number of thiophene rings is 1. The van der Waals surface area contributed by atoms with E-state index in [0.717, 1.165) is 5.56 Å². The number of carbonyl (C=O) groups excluding carboxylic acids is 2. The van der Waals surface area contributed by atoms with Crippen LogP contribution < -0.4 is 15.4 Å². The Labute approximate surface area is 155 Å². The van der Waals surface area contributed by atoms with Gasteiger partial charge in [-0.15, -0.1) is 0 Å². The van der Waals surface area contributed by atoms with Crippen molar-refractivity contribution in [2.75, 3.05) is 18.5 Å². The molecule has 0 unspecified atom stereocenters. The monoisotopic (exact) mass is 376 g/mol. The van der Waals surface area contributed by atoms with Crippen molar-refractivity contribution in [2.24, 2.45) is 0 Å². The average Bonchev–Trinajstić information content (AvgIpc) is 3.13. The summed E-state index contributed by atoms with van der Waals surface area (Å²) in [6, 6.07) is 6.69. The van der Waals surface area contributed by atoms with Crippen LogP contribution >= 0.6 is 11.3 Å². The molecule has 2 aromatic rings. The second-order valence-corrected chi connectivity index (χ2v) is 6.36. The van der Waals surface area contributed by atoms with E-state index >= 15 is 0 Å². The number of carbonyl (C=O) groups is 3. The molecule has 0 bridgehead atoms. The SMILES string of the molecule is Cc1cc(OCC(=O)O)ccc1NC(=O)CCCNC(=O)c1ccsc1. The first-order valence-electron chi connectivity index (χ1n) is 8.01. The summed E-state index contributed by atoms with van der Waals surface area (Å²) in [6.45, 7) is 1.80. The first-order chi connectivity index (χ1) is 12.5. The summed E-state index contributed by atoms with van der Waals surface area (Å²) in [7, 11) is 0. The molecule has 2 amide bonds. The average molecular weight is 376 g/mol. The number of hydrogen-bond donors (Lipinski definition) is 3. The molecule has 0 spiro atoms. The van der Waals surface area contributed by atoms with Crippen LogP contribution in [-0.2, 0) is 9.59 Å². The first-order valence-corrected chi connectivity index (χ1v) is 8.95. The molecule has 0 fully saturated rings. The Morgan fingerprint density at radius 3 is 2.69 bits per heavy atom. The number of rotatable bonds is 9. The maximum Gasteiger partial charge on any atom is 0.341 e. The minimum atomic E-state index is -1.05. The van der Waals surface area contributed by atoms with E-state index in [1.54, 1.807) is 36.6 Å². The van der Waals surface area contributed by atoms with Gasteiger partial charge in [-0.3, -0.25) is 9.59 Å². The van der Waals surface area contributed by atoms with Gasteiger partial charge in [0.05, 0.1) is 0 Å². The van der Waals surface area contributed by atoms with Crippen molar-refractivity contribution in [3.63, 3.8) is 0 Å². The van der Waals surface area contributed by atoms with E-state index in [1.807, 2.05) is 5.38 Å². The second-order valence-electron chi connectivity index (χ2n) is 5.58. The van der Waals surface area contributed by atoms with Gasteiger partial charge in [-0.05, 0) is 48.6 Å². The summed E-state index contributed by atoms with van der Waals surface area (Å²) in [4.78, 5) is 34.3. The molecule has 3 N–H and O–H groups in total. The highest BCUT2D eigenvalue weighted by Crippen LogP contribution is 2.21. The lowest BCUT2D eigenvalue weighted by molar-refractivity contribution is -0.139. The third-order valence-corrected chi connectivity index (χ3v) is 4.17. The Bertz CT molecular complexity index is 774. The summed E-state index contributed by atoms with van der Waals surface area (Å²) in [5.74, 6) is -0.915. The number of ether oxygens (including phenoxy) is 1. The highest BCUT2D eigenvalue weighted by molar-refractivity contribution is 7.08. The molecular formula is C18H20N2O5S. The number of carboxylic acids is 1. The number of carboxylic acid groups (broad SMARTS) is 1. The van der Waals surface area contributed by atoms with Gasteiger partial charge in [0.1, 0.15) is 5.75 Å². The number of hydrogen-bond acceptors (Lipinski definition) is 5. The maximum atomic E-state index is 12.0. The molecule has 138 valence electrons. The summed E-state index contributed by atoms with van der Waals surface area (Å²) in [6.07, 6.45) is 0.807. The van der Waals surface area contributed by atoms with Gasteiger partial charge in [-0.1, -0.05) is 0 Å². The summed E-state index contributed by atoms with van der Waals surface area (Å²) < 4.78 is 5.09. The Morgan fingerprint density at radius 2 is 2.04 bits per heavy atom. The summed E-state index contributed by atoms with van der Waals surface area (Å²) in [5, 5.41) is 17.8. The van der Waals surface area contributed by atoms with Gasteiger partial charge >= 0.3 is 5.97 Å². The van der Waals surface area contributed by atoms with Gasteiger partial charge in [-0.2, -0.15) is 11.3 Å². The van der Waals surface area contributed by atoms with Crippen LogP contribution in [0.1, 0.15) is 28.8 Å². The number of aryl methyl sites for hydroxylation is 1. The van der Waals surface area contributed by atoms with Crippen molar-refractivity contribution in [3.8, 4) is 5.75 Å². The molecule has 7 nitrogen and oxygen atoms in total. The van der Waals surface area contributed by atoms with Crippen LogP contribution in [0.15, 0.2) is 35.0 Å². The zero-order valence-corrected chi connectivity index (χ0v) is 15.1. The third-order valence-electron chi connectivity index (χ3n) is 3.48. The van der Waals surface area contributed by atoms with E-state index < -0.39 is 12.6 Å². The second kappa shape index (κ2) is 9.57. The molecule has 0 aliphatic carbocycles. The molecular weight excluding hydrogens is 356 g/mol. The molecule has 8 heteroatoms. The van der Waals surface area contributed by atoms with E-state index in [9.17, 15) is 14.4 Å². The van der Waals surface area contributed by atoms with Crippen molar-refractivity contribution in [1.82, 2.24) is 5.32 Å². The molecule has 0 saturated carbocycles. The van der Waals surface area contributed by atoms with Crippen LogP contribution in [-0.4, -0.2) is 36.0 Å². The zero-order chi connectivity index (χ0) is 18.9. The van der Waals surface area contributed by atoms with Gasteiger partial charge < -0.3 is 20.5 Å². The van der Waals surface area contributed by atoms with Gasteiger partial charge in [0, 0.05) is 29.6 Å². The van der Waals surface area contributed by atoms with Crippen LogP contribution in [0.2, 0.25) is 0 Å². The minimum Gasteiger partial charge on any atom is -0.482 e. The van der Waals surface area contributed by atoms with Gasteiger partial charge in [0.2, 0.25) is 5.91 Å². The van der Waals surface area contributed by atoms with Crippen LogP contribution in [0, 0.1) is 6.92 Å². The smallest absolute Gasteiger partial charge is 0.341 e. The third kappa shape index (κ3) is 6.21. The minimum absolute atomic E-state index is 0.139. The largest absolute Gasteiger partial charge is 0.482 e. The number of anilines is 1. The molecule has 0 radical (unpaired) electrons. The number of nitrogens with one attached hydrogen (secondary N) is 2. The van der Waals surface area contributed by atoms with E-state index in [2.05, 4.69) is 10.6 Å². The lowest BCUT2D eigenvalue weighted by atomic mass is 10.2. The molecule has 0 atom stereocenters. The van der Waals surface area contributed by atoms with Crippen molar-refractivity contribution >= 4 is 34.8 Å². The van der Waals surface area contributed by atoms with Crippen molar-refractivity contribution in [1.29, 1.82) is 0 Å². The highest BCUT2D eigenvalue weighted by atomic mass is 32.1. The Morgan fingerprint density at radius 1 is 1.23 bits per heavy atom. The standard InChI is InChI=1S/C18H20N2O5S/c1-12-9-14(25-10-17(22)23)4-5-15(12)20-16(21)3-2-7-19-18(24)13-6-8-26-11-13/h4-6,8-9,11H,2-3,7,10H2,1H3,(H,19,24)(H,20,21)(H,22,23). The van der Waals surface area contributed by atoms with E-state index in [4.69, 9.17) is 9.84 Å².